The molecule has 1 heteroatoms. The standard InChI is InChI=1S/C56H35N/c1-3-15-36(16-4-1)40-29-32-48-49(35-40)53(39-19-5-2-6-20-39)46-23-11-12-24-47(46)54(48)45-27-13-26-44-43(45)25-14-28-50(44)57-51-33-30-37-17-7-9-21-41(37)55(51)56-42-22-10-8-18-38(42)31-34-52(56)57/h1-35H. The maximum atomic E-state index is 2.51. The molecule has 0 amide bonds. The number of nitrogens with zero attached hydrogens (tertiary/aromatic N) is 1. The fourth-order valence-corrected chi connectivity index (χ4v) is 9.71. The predicted molar refractivity (Wildman–Crippen MR) is 245 cm³/mol. The van der Waals surface area contributed by atoms with Crippen molar-refractivity contribution in [3.05, 3.63) is 212 Å². The second-order valence-electron chi connectivity index (χ2n) is 15.2. The molecule has 1 nitrogen and oxygen atoms in total. The van der Waals surface area contributed by atoms with Crippen LogP contribution in [0.15, 0.2) is 212 Å². The SMILES string of the molecule is c1ccc(-c2ccc3c(-c4cccc5c(-n6c7ccc8ccccc8c7c7c8ccccc8ccc76)cccc45)c4ccccc4c(-c4ccccc4)c3c2)cc1. The lowest BCUT2D eigenvalue weighted by molar-refractivity contribution is 1.20. The van der Waals surface area contributed by atoms with E-state index >= 15 is 0 Å². The van der Waals surface area contributed by atoms with E-state index < -0.39 is 0 Å². The summed E-state index contributed by atoms with van der Waals surface area (Å²) in [5.41, 5.74) is 11.0. The van der Waals surface area contributed by atoms with Crippen molar-refractivity contribution in [3.8, 4) is 39.1 Å². The van der Waals surface area contributed by atoms with E-state index in [4.69, 9.17) is 0 Å². The van der Waals surface area contributed by atoms with Gasteiger partial charge in [-0.3, -0.25) is 0 Å². The van der Waals surface area contributed by atoms with Gasteiger partial charge in [-0.05, 0) is 106 Å². The summed E-state index contributed by atoms with van der Waals surface area (Å²) in [4.78, 5) is 0. The molecule has 0 saturated carbocycles. The molecule has 0 unspecified atom stereocenters. The van der Waals surface area contributed by atoms with Crippen LogP contribution in [0.4, 0.5) is 0 Å². The maximum Gasteiger partial charge on any atom is 0.0548 e. The first-order chi connectivity index (χ1) is 28.3. The molecule has 0 radical (unpaired) electrons. The van der Waals surface area contributed by atoms with Gasteiger partial charge in [0.25, 0.3) is 0 Å². The third-order valence-electron chi connectivity index (χ3n) is 12.1. The highest BCUT2D eigenvalue weighted by molar-refractivity contribution is 6.29. The maximum absolute atomic E-state index is 2.51. The van der Waals surface area contributed by atoms with Gasteiger partial charge in [0, 0.05) is 16.2 Å². The third-order valence-corrected chi connectivity index (χ3v) is 12.1. The number of fused-ring (bicyclic) bond motifs is 10. The number of aromatic nitrogens is 1. The summed E-state index contributed by atoms with van der Waals surface area (Å²) in [5.74, 6) is 0. The Kier molecular flexibility index (Phi) is 7.00. The van der Waals surface area contributed by atoms with E-state index in [2.05, 4.69) is 217 Å². The molecule has 1 heterocycles. The van der Waals surface area contributed by atoms with Crippen molar-refractivity contribution < 1.29 is 0 Å². The van der Waals surface area contributed by atoms with Crippen LogP contribution in [0.1, 0.15) is 0 Å². The van der Waals surface area contributed by atoms with Gasteiger partial charge in [-0.1, -0.05) is 188 Å². The molecule has 0 N–H and O–H groups in total. The zero-order valence-electron chi connectivity index (χ0n) is 31.2. The molecule has 12 rings (SSSR count). The van der Waals surface area contributed by atoms with Crippen molar-refractivity contribution in [3.63, 3.8) is 0 Å². The monoisotopic (exact) mass is 721 g/mol. The Balaban J connectivity index is 1.19. The summed E-state index contributed by atoms with van der Waals surface area (Å²) >= 11 is 0. The van der Waals surface area contributed by atoms with Gasteiger partial charge >= 0.3 is 0 Å². The van der Waals surface area contributed by atoms with Gasteiger partial charge in [0.15, 0.2) is 0 Å². The molecule has 0 aliphatic carbocycles. The third kappa shape index (κ3) is 4.76. The number of hydrogen-bond donors (Lipinski definition) is 0. The van der Waals surface area contributed by atoms with E-state index in [1.54, 1.807) is 0 Å². The summed E-state index contributed by atoms with van der Waals surface area (Å²) in [6, 6.07) is 78.3. The first kappa shape index (κ1) is 31.8. The molecule has 0 spiro atoms. The highest BCUT2D eigenvalue weighted by Gasteiger charge is 2.22. The molecule has 1 aromatic heterocycles. The molecule has 0 aliphatic rings. The van der Waals surface area contributed by atoms with Gasteiger partial charge in [-0.25, -0.2) is 0 Å². The van der Waals surface area contributed by atoms with Crippen molar-refractivity contribution in [2.75, 3.05) is 0 Å². The lowest BCUT2D eigenvalue weighted by Gasteiger charge is -2.20. The number of benzene rings is 11. The Labute approximate surface area is 330 Å². The molecule has 0 bridgehead atoms. The summed E-state index contributed by atoms with van der Waals surface area (Å²) in [5, 5.41) is 15.1. The molecular formula is C56H35N. The number of rotatable bonds is 4. The van der Waals surface area contributed by atoms with Crippen LogP contribution in [-0.2, 0) is 0 Å². The van der Waals surface area contributed by atoms with Crippen LogP contribution < -0.4 is 0 Å². The van der Waals surface area contributed by atoms with Crippen LogP contribution in [0.2, 0.25) is 0 Å². The van der Waals surface area contributed by atoms with E-state index in [1.165, 1.54) is 115 Å². The van der Waals surface area contributed by atoms with Gasteiger partial charge in [-0.15, -0.1) is 0 Å². The Morgan fingerprint density at radius 3 is 1.44 bits per heavy atom. The highest BCUT2D eigenvalue weighted by Crippen LogP contribution is 2.48. The lowest BCUT2D eigenvalue weighted by Crippen LogP contribution is -1.97. The topological polar surface area (TPSA) is 4.93 Å². The predicted octanol–water partition coefficient (Wildman–Crippen LogP) is 15.6. The van der Waals surface area contributed by atoms with Gasteiger partial charge in [0.05, 0.1) is 16.7 Å². The van der Waals surface area contributed by atoms with Crippen LogP contribution in [0.25, 0.3) is 115 Å². The van der Waals surface area contributed by atoms with E-state index in [1.807, 2.05) is 0 Å². The second-order valence-corrected chi connectivity index (χ2v) is 15.2. The van der Waals surface area contributed by atoms with Crippen molar-refractivity contribution in [1.82, 2.24) is 4.57 Å². The van der Waals surface area contributed by atoms with E-state index in [0.29, 0.717) is 0 Å². The highest BCUT2D eigenvalue weighted by atomic mass is 15.0. The largest absolute Gasteiger partial charge is 0.309 e. The van der Waals surface area contributed by atoms with Crippen molar-refractivity contribution >= 4 is 75.7 Å². The average Bonchev–Trinajstić information content (AvgIpc) is 3.63. The van der Waals surface area contributed by atoms with Crippen molar-refractivity contribution in [2.24, 2.45) is 0 Å². The summed E-state index contributed by atoms with van der Waals surface area (Å²) < 4.78 is 2.51. The van der Waals surface area contributed by atoms with E-state index in [9.17, 15) is 0 Å². The van der Waals surface area contributed by atoms with Crippen LogP contribution in [0.5, 0.6) is 0 Å². The minimum absolute atomic E-state index is 1.18. The molecule has 11 aromatic carbocycles. The Bertz CT molecular complexity index is 3460. The lowest BCUT2D eigenvalue weighted by atomic mass is 9.83. The minimum Gasteiger partial charge on any atom is -0.309 e. The normalized spacial score (nSPS) is 11.9. The molecule has 12 aromatic rings. The van der Waals surface area contributed by atoms with Crippen molar-refractivity contribution in [2.45, 2.75) is 0 Å². The molecule has 57 heavy (non-hydrogen) atoms. The van der Waals surface area contributed by atoms with Gasteiger partial charge < -0.3 is 4.57 Å². The van der Waals surface area contributed by atoms with E-state index in [0.717, 1.165) is 0 Å². The van der Waals surface area contributed by atoms with Crippen LogP contribution in [0.3, 0.4) is 0 Å². The molecule has 264 valence electrons. The Hall–Kier alpha value is -7.48. The number of hydrogen-bond acceptors (Lipinski definition) is 0. The molecule has 0 saturated heterocycles. The molecule has 0 fully saturated rings. The quantitative estimate of drug-likeness (QED) is 0.160. The van der Waals surface area contributed by atoms with Crippen LogP contribution in [0, 0.1) is 0 Å². The van der Waals surface area contributed by atoms with E-state index in [-0.39, 0.29) is 0 Å². The second kappa shape index (κ2) is 12.5. The minimum atomic E-state index is 1.18. The first-order valence-corrected chi connectivity index (χ1v) is 19.8. The van der Waals surface area contributed by atoms with Gasteiger partial charge in [0.1, 0.15) is 0 Å². The van der Waals surface area contributed by atoms with Crippen LogP contribution in [-0.4, -0.2) is 4.57 Å². The zero-order valence-corrected chi connectivity index (χ0v) is 31.2. The van der Waals surface area contributed by atoms with Gasteiger partial charge in [-0.2, -0.15) is 0 Å². The Morgan fingerprint density at radius 2 is 0.772 bits per heavy atom. The molecular weight excluding hydrogens is 687 g/mol. The van der Waals surface area contributed by atoms with Crippen LogP contribution >= 0.6 is 0 Å². The molecule has 0 atom stereocenters. The van der Waals surface area contributed by atoms with Gasteiger partial charge in [0.2, 0.25) is 0 Å². The molecule has 0 aliphatic heterocycles. The fraction of sp³-hybridized carbons (Fsp3) is 0. The Morgan fingerprint density at radius 1 is 0.263 bits per heavy atom. The fourth-order valence-electron chi connectivity index (χ4n) is 9.71. The zero-order chi connectivity index (χ0) is 37.5. The summed E-state index contributed by atoms with van der Waals surface area (Å²) in [6.07, 6.45) is 0. The first-order valence-electron chi connectivity index (χ1n) is 19.8. The average molecular weight is 722 g/mol. The summed E-state index contributed by atoms with van der Waals surface area (Å²) in [6.45, 7) is 0. The summed E-state index contributed by atoms with van der Waals surface area (Å²) in [7, 11) is 0. The van der Waals surface area contributed by atoms with Crippen molar-refractivity contribution in [1.29, 1.82) is 0 Å². The smallest absolute Gasteiger partial charge is 0.0548 e.